The molecule has 2 aromatic carbocycles. The van der Waals surface area contributed by atoms with Crippen LogP contribution in [0.2, 0.25) is 5.02 Å². The van der Waals surface area contributed by atoms with Crippen molar-refractivity contribution in [2.24, 2.45) is 10.2 Å². The molecule has 2 N–H and O–H groups in total. The van der Waals surface area contributed by atoms with Gasteiger partial charge < -0.3 is 19.9 Å². The Kier molecular flexibility index (Phi) is 8.13. The fraction of sp³-hybridized carbons (Fsp3) is 0.273. The third kappa shape index (κ3) is 6.24. The summed E-state index contributed by atoms with van der Waals surface area (Å²) >= 11 is 7.48. The molecule has 2 aromatic rings. The SMILES string of the molecule is CCOc1cc(/C=N\N=C2\NC(=O)[C@H](CC(=O)O)S2)cc(Cl)c1OCc1ccccc1C. The smallest absolute Gasteiger partial charge is 0.305 e. The van der Waals surface area contributed by atoms with Crippen molar-refractivity contribution in [3.05, 3.63) is 58.1 Å². The van der Waals surface area contributed by atoms with Gasteiger partial charge in [0, 0.05) is 5.56 Å². The number of rotatable bonds is 9. The van der Waals surface area contributed by atoms with Gasteiger partial charge in [0.15, 0.2) is 16.7 Å². The number of hydrogen-bond donors (Lipinski definition) is 2. The van der Waals surface area contributed by atoms with Crippen molar-refractivity contribution in [3.63, 3.8) is 0 Å². The Hall–Kier alpha value is -3.04. The number of carbonyl (C=O) groups excluding carboxylic acids is 1. The monoisotopic (exact) mass is 475 g/mol. The lowest BCUT2D eigenvalue weighted by molar-refractivity contribution is -0.138. The van der Waals surface area contributed by atoms with Gasteiger partial charge in [0.1, 0.15) is 11.9 Å². The van der Waals surface area contributed by atoms with Gasteiger partial charge in [-0.2, -0.15) is 5.10 Å². The number of aliphatic carboxylic acids is 1. The van der Waals surface area contributed by atoms with Crippen LogP contribution in [0, 0.1) is 6.92 Å². The molecule has 1 fully saturated rings. The largest absolute Gasteiger partial charge is 0.490 e. The number of carboxylic acids is 1. The predicted molar refractivity (Wildman–Crippen MR) is 125 cm³/mol. The fourth-order valence-electron chi connectivity index (χ4n) is 2.88. The Morgan fingerprint density at radius 3 is 2.81 bits per heavy atom. The van der Waals surface area contributed by atoms with E-state index in [1.807, 2.05) is 38.1 Å². The number of carboxylic acid groups (broad SMARTS) is 1. The van der Waals surface area contributed by atoms with Crippen molar-refractivity contribution in [1.82, 2.24) is 5.32 Å². The molecule has 0 aromatic heterocycles. The first kappa shape index (κ1) is 23.6. The molecule has 1 aliphatic rings. The van der Waals surface area contributed by atoms with Crippen molar-refractivity contribution in [2.45, 2.75) is 32.1 Å². The van der Waals surface area contributed by atoms with Crippen molar-refractivity contribution in [3.8, 4) is 11.5 Å². The highest BCUT2D eigenvalue weighted by atomic mass is 35.5. The molecule has 3 rings (SSSR count). The standard InChI is InChI=1S/C22H22ClN3O5S/c1-3-30-17-9-14(11-24-26-22-25-21(29)18(32-22)10-19(27)28)8-16(23)20(17)31-12-15-7-5-4-6-13(15)2/h4-9,11,18H,3,10,12H2,1-2H3,(H,27,28)(H,25,26,29)/b24-11-/t18-/m0/s1. The Morgan fingerprint density at radius 2 is 2.09 bits per heavy atom. The zero-order valence-corrected chi connectivity index (χ0v) is 19.1. The first-order valence-electron chi connectivity index (χ1n) is 9.81. The van der Waals surface area contributed by atoms with Gasteiger partial charge in [0.25, 0.3) is 0 Å². The summed E-state index contributed by atoms with van der Waals surface area (Å²) in [4.78, 5) is 22.6. The number of carbonyl (C=O) groups is 2. The molecule has 10 heteroatoms. The minimum Gasteiger partial charge on any atom is -0.490 e. The minimum absolute atomic E-state index is 0.242. The molecule has 1 atom stereocenters. The average Bonchev–Trinajstić information content (AvgIpc) is 3.07. The second-order valence-electron chi connectivity index (χ2n) is 6.82. The van der Waals surface area contributed by atoms with E-state index in [4.69, 9.17) is 26.2 Å². The first-order valence-corrected chi connectivity index (χ1v) is 11.1. The molecule has 0 saturated carbocycles. The molecule has 168 valence electrons. The summed E-state index contributed by atoms with van der Waals surface area (Å²) in [7, 11) is 0. The average molecular weight is 476 g/mol. The van der Waals surface area contributed by atoms with Crippen LogP contribution in [0.4, 0.5) is 0 Å². The van der Waals surface area contributed by atoms with Crippen LogP contribution in [0.5, 0.6) is 11.5 Å². The van der Waals surface area contributed by atoms with Crippen molar-refractivity contribution < 1.29 is 24.2 Å². The van der Waals surface area contributed by atoms with Gasteiger partial charge in [-0.05, 0) is 37.1 Å². The molecule has 1 aliphatic heterocycles. The number of nitrogens with one attached hydrogen (secondary N) is 1. The maximum atomic E-state index is 11.8. The van der Waals surface area contributed by atoms with E-state index in [9.17, 15) is 9.59 Å². The molecule has 1 heterocycles. The quantitative estimate of drug-likeness (QED) is 0.418. The van der Waals surface area contributed by atoms with E-state index >= 15 is 0 Å². The molecule has 8 nitrogen and oxygen atoms in total. The number of halogens is 1. The molecule has 1 amide bonds. The zero-order chi connectivity index (χ0) is 23.1. The van der Waals surface area contributed by atoms with Crippen LogP contribution in [-0.2, 0) is 16.2 Å². The van der Waals surface area contributed by atoms with Gasteiger partial charge in [-0.1, -0.05) is 47.6 Å². The highest BCUT2D eigenvalue weighted by Crippen LogP contribution is 2.37. The highest BCUT2D eigenvalue weighted by molar-refractivity contribution is 8.15. The van der Waals surface area contributed by atoms with E-state index in [-0.39, 0.29) is 11.6 Å². The lowest BCUT2D eigenvalue weighted by Crippen LogP contribution is -2.26. The van der Waals surface area contributed by atoms with Crippen LogP contribution in [0.15, 0.2) is 46.6 Å². The van der Waals surface area contributed by atoms with Gasteiger partial charge in [-0.15, -0.1) is 5.10 Å². The van der Waals surface area contributed by atoms with E-state index in [1.165, 1.54) is 6.21 Å². The van der Waals surface area contributed by atoms with Crippen molar-refractivity contribution >= 4 is 46.6 Å². The van der Waals surface area contributed by atoms with Crippen LogP contribution in [0.1, 0.15) is 30.0 Å². The summed E-state index contributed by atoms with van der Waals surface area (Å²) in [5.74, 6) is -0.531. The maximum Gasteiger partial charge on any atom is 0.305 e. The lowest BCUT2D eigenvalue weighted by atomic mass is 10.1. The lowest BCUT2D eigenvalue weighted by Gasteiger charge is -2.15. The van der Waals surface area contributed by atoms with Crippen LogP contribution < -0.4 is 14.8 Å². The van der Waals surface area contributed by atoms with E-state index in [0.29, 0.717) is 35.3 Å². The molecular formula is C22H22ClN3O5S. The van der Waals surface area contributed by atoms with Crippen LogP contribution in [0.25, 0.3) is 0 Å². The van der Waals surface area contributed by atoms with Crippen LogP contribution in [-0.4, -0.2) is 40.2 Å². The third-order valence-corrected chi connectivity index (χ3v) is 5.81. The van der Waals surface area contributed by atoms with Gasteiger partial charge in [-0.25, -0.2) is 0 Å². The van der Waals surface area contributed by atoms with E-state index in [0.717, 1.165) is 22.9 Å². The molecule has 0 radical (unpaired) electrons. The van der Waals surface area contributed by atoms with Crippen molar-refractivity contribution in [1.29, 1.82) is 0 Å². The van der Waals surface area contributed by atoms with Gasteiger partial charge in [0.2, 0.25) is 5.91 Å². The summed E-state index contributed by atoms with van der Waals surface area (Å²) in [6, 6.07) is 11.3. The Labute approximate surface area is 194 Å². The molecule has 0 bridgehead atoms. The molecule has 0 unspecified atom stereocenters. The number of ether oxygens (including phenoxy) is 2. The molecule has 0 aliphatic carbocycles. The number of amides is 1. The molecule has 1 saturated heterocycles. The second kappa shape index (κ2) is 11.0. The third-order valence-electron chi connectivity index (χ3n) is 4.46. The summed E-state index contributed by atoms with van der Waals surface area (Å²) in [5, 5.41) is 19.2. The minimum atomic E-state index is -1.05. The molecule has 0 spiro atoms. The number of benzene rings is 2. The normalized spacial score (nSPS) is 17.0. The maximum absolute atomic E-state index is 11.8. The van der Waals surface area contributed by atoms with Gasteiger partial charge >= 0.3 is 5.97 Å². The predicted octanol–water partition coefficient (Wildman–Crippen LogP) is 4.02. The van der Waals surface area contributed by atoms with E-state index in [2.05, 4.69) is 15.5 Å². The second-order valence-corrected chi connectivity index (χ2v) is 8.42. The molecular weight excluding hydrogens is 454 g/mol. The van der Waals surface area contributed by atoms with E-state index in [1.54, 1.807) is 12.1 Å². The Bertz CT molecular complexity index is 1070. The topological polar surface area (TPSA) is 110 Å². The summed E-state index contributed by atoms with van der Waals surface area (Å²) in [6.45, 7) is 4.65. The Balaban J connectivity index is 1.73. The fourth-order valence-corrected chi connectivity index (χ4v) is 4.07. The molecule has 32 heavy (non-hydrogen) atoms. The first-order chi connectivity index (χ1) is 15.4. The van der Waals surface area contributed by atoms with Crippen LogP contribution in [0.3, 0.4) is 0 Å². The highest BCUT2D eigenvalue weighted by Gasteiger charge is 2.32. The van der Waals surface area contributed by atoms with Gasteiger partial charge in [0.05, 0.1) is 24.3 Å². The zero-order valence-electron chi connectivity index (χ0n) is 17.5. The number of aryl methyl sites for hydroxylation is 1. The summed E-state index contributed by atoms with van der Waals surface area (Å²) < 4.78 is 11.7. The van der Waals surface area contributed by atoms with E-state index < -0.39 is 17.1 Å². The van der Waals surface area contributed by atoms with Crippen molar-refractivity contribution in [2.75, 3.05) is 6.61 Å². The number of thioether (sulfide) groups is 1. The summed E-state index contributed by atoms with van der Waals surface area (Å²) in [5.41, 5.74) is 2.79. The number of amidine groups is 1. The number of hydrogen-bond acceptors (Lipinski definition) is 7. The van der Waals surface area contributed by atoms with Gasteiger partial charge in [-0.3, -0.25) is 9.59 Å². The number of nitrogens with zero attached hydrogens (tertiary/aromatic N) is 2. The summed E-state index contributed by atoms with van der Waals surface area (Å²) in [6.07, 6.45) is 1.18. The van der Waals surface area contributed by atoms with Crippen LogP contribution >= 0.6 is 23.4 Å². The Morgan fingerprint density at radius 1 is 1.31 bits per heavy atom.